The second-order valence-electron chi connectivity index (χ2n) is 11.5. The summed E-state index contributed by atoms with van der Waals surface area (Å²) >= 11 is 0. The van der Waals surface area contributed by atoms with Gasteiger partial charge in [0.05, 0.1) is 33.0 Å². The second-order valence-corrected chi connectivity index (χ2v) is 13.2. The van der Waals surface area contributed by atoms with E-state index in [1.807, 2.05) is 48.9 Å². The van der Waals surface area contributed by atoms with Gasteiger partial charge in [-0.2, -0.15) is 5.10 Å². The van der Waals surface area contributed by atoms with Crippen molar-refractivity contribution in [2.45, 2.75) is 78.2 Å². The number of sulfonamides is 1. The summed E-state index contributed by atoms with van der Waals surface area (Å²) in [4.78, 5) is 28.9. The number of benzene rings is 2. The van der Waals surface area contributed by atoms with Crippen molar-refractivity contribution in [3.63, 3.8) is 0 Å². The van der Waals surface area contributed by atoms with Crippen LogP contribution in [-0.4, -0.2) is 71.5 Å². The number of carbonyl (C=O) groups excluding carboxylic acids is 2. The van der Waals surface area contributed by atoms with Crippen molar-refractivity contribution in [2.75, 3.05) is 13.2 Å². The topological polar surface area (TPSA) is 177 Å². The number of hydrogen-bond donors (Lipinski definition) is 1. The van der Waals surface area contributed by atoms with Gasteiger partial charge in [0.15, 0.2) is 0 Å². The van der Waals surface area contributed by atoms with E-state index in [4.69, 9.17) is 19.0 Å². The summed E-state index contributed by atoms with van der Waals surface area (Å²) in [6, 6.07) is 15.3. The first kappa shape index (κ1) is 35.6. The van der Waals surface area contributed by atoms with Gasteiger partial charge in [-0.05, 0) is 78.8 Å². The molecule has 1 unspecified atom stereocenters. The molecule has 0 spiro atoms. The van der Waals surface area contributed by atoms with Gasteiger partial charge in [0.2, 0.25) is 5.28 Å². The van der Waals surface area contributed by atoms with Crippen LogP contribution in [0.1, 0.15) is 52.8 Å². The van der Waals surface area contributed by atoms with Gasteiger partial charge in [-0.25, -0.2) is 27.4 Å². The molecule has 0 saturated heterocycles. The zero-order valence-electron chi connectivity index (χ0n) is 27.1. The predicted molar refractivity (Wildman–Crippen MR) is 166 cm³/mol. The van der Waals surface area contributed by atoms with Gasteiger partial charge in [-0.1, -0.05) is 29.8 Å². The van der Waals surface area contributed by atoms with Crippen LogP contribution in [-0.2, 0) is 29.1 Å². The van der Waals surface area contributed by atoms with Crippen LogP contribution < -0.4 is 4.72 Å². The molecule has 1 atom stereocenters. The molecule has 2 aromatic carbocycles. The molecule has 0 aliphatic carbocycles. The third kappa shape index (κ3) is 10.4. The lowest BCUT2D eigenvalue weighted by Crippen LogP contribution is -2.41. The summed E-state index contributed by atoms with van der Waals surface area (Å²) in [6.45, 7) is 13.0. The molecule has 1 aromatic heterocycles. The highest BCUT2D eigenvalue weighted by Crippen LogP contribution is 2.25. The van der Waals surface area contributed by atoms with Crippen LogP contribution in [0.5, 0.6) is 0 Å². The average molecular weight is 661 g/mol. The van der Waals surface area contributed by atoms with Crippen LogP contribution in [0.2, 0.25) is 0 Å². The Morgan fingerprint density at radius 2 is 1.70 bits per heavy atom. The normalized spacial score (nSPS) is 12.8. The van der Waals surface area contributed by atoms with Crippen molar-refractivity contribution >= 4 is 22.3 Å². The van der Waals surface area contributed by atoms with Crippen molar-refractivity contribution in [1.29, 1.82) is 0 Å². The molecular formula is C30H40N6O9S. The summed E-state index contributed by atoms with van der Waals surface area (Å²) in [7, 11) is -4.27. The highest BCUT2D eigenvalue weighted by atomic mass is 32.2. The third-order valence-corrected chi connectivity index (χ3v) is 7.40. The SMILES string of the molecule is Cc1ccc(-c2cc(C)nn2-c2ccc(S(=O)(=O)NC(=O)OCCN(C(C)C)/[N+]([O-])=N/OC(C)OC(=O)OC(C)(C)C)cc2)cc1. The number of ether oxygens (including phenoxy) is 3. The first-order valence-electron chi connectivity index (χ1n) is 14.4. The standard InChI is InChI=1S/C30H40N6O9S/c1-20(2)34(36(39)33-45-23(5)43-29(38)44-30(6,7)8)17-18-42-28(37)32-46(40,41)26-15-13-25(14-16-26)35-27(19-22(4)31-35)24-11-9-21(3)10-12-24/h9-16,19-20,23H,17-18H2,1-8H3,(H,32,37)/b36-33-. The third-order valence-electron chi connectivity index (χ3n) is 6.07. The van der Waals surface area contributed by atoms with Crippen molar-refractivity contribution in [1.82, 2.24) is 19.5 Å². The van der Waals surface area contributed by atoms with Crippen LogP contribution in [0.3, 0.4) is 0 Å². The number of amides is 1. The molecule has 3 aromatic rings. The maximum absolute atomic E-state index is 12.9. The van der Waals surface area contributed by atoms with Crippen molar-refractivity contribution in [3.8, 4) is 16.9 Å². The monoisotopic (exact) mass is 660 g/mol. The van der Waals surface area contributed by atoms with E-state index in [0.29, 0.717) is 5.69 Å². The van der Waals surface area contributed by atoms with Gasteiger partial charge >= 0.3 is 12.2 Å². The molecule has 0 radical (unpaired) electrons. The lowest BCUT2D eigenvalue weighted by atomic mass is 10.1. The second kappa shape index (κ2) is 14.9. The maximum atomic E-state index is 12.9. The Morgan fingerprint density at radius 3 is 2.28 bits per heavy atom. The van der Waals surface area contributed by atoms with Gasteiger partial charge in [0.1, 0.15) is 18.8 Å². The Morgan fingerprint density at radius 1 is 1.07 bits per heavy atom. The number of hydrazine groups is 1. The van der Waals surface area contributed by atoms with E-state index in [0.717, 1.165) is 27.5 Å². The smallest absolute Gasteiger partial charge is 0.511 e. The number of hydrogen-bond acceptors (Lipinski definition) is 11. The van der Waals surface area contributed by atoms with Crippen LogP contribution in [0.15, 0.2) is 64.8 Å². The quantitative estimate of drug-likeness (QED) is 0.0866. The maximum Gasteiger partial charge on any atom is 0.511 e. The lowest BCUT2D eigenvalue weighted by molar-refractivity contribution is -0.719. The predicted octanol–water partition coefficient (Wildman–Crippen LogP) is 5.39. The van der Waals surface area contributed by atoms with Crippen LogP contribution in [0, 0.1) is 19.1 Å². The first-order chi connectivity index (χ1) is 21.4. The molecule has 46 heavy (non-hydrogen) atoms. The lowest BCUT2D eigenvalue weighted by Gasteiger charge is -2.22. The minimum absolute atomic E-state index is 0.102. The molecule has 15 nitrogen and oxygen atoms in total. The van der Waals surface area contributed by atoms with Crippen LogP contribution >= 0.6 is 0 Å². The van der Waals surface area contributed by atoms with E-state index in [1.165, 1.54) is 19.1 Å². The Kier molecular flexibility index (Phi) is 11.6. The summed E-state index contributed by atoms with van der Waals surface area (Å²) in [5, 5.41) is 21.5. The van der Waals surface area contributed by atoms with Crippen LogP contribution in [0.4, 0.5) is 9.59 Å². The molecule has 1 N–H and O–H groups in total. The zero-order chi connectivity index (χ0) is 34.2. The number of nitrogens with zero attached hydrogens (tertiary/aromatic N) is 5. The number of aryl methyl sites for hydroxylation is 2. The van der Waals surface area contributed by atoms with Crippen LogP contribution in [0.25, 0.3) is 16.9 Å². The molecule has 0 aliphatic heterocycles. The molecule has 250 valence electrons. The molecule has 0 bridgehead atoms. The molecule has 0 fully saturated rings. The molecule has 3 rings (SSSR count). The van der Waals surface area contributed by atoms with Crippen molar-refractivity contribution in [3.05, 3.63) is 71.1 Å². The first-order valence-corrected chi connectivity index (χ1v) is 15.9. The highest BCUT2D eigenvalue weighted by molar-refractivity contribution is 7.90. The minimum atomic E-state index is -4.27. The zero-order valence-corrected chi connectivity index (χ0v) is 27.9. The summed E-state index contributed by atoms with van der Waals surface area (Å²) in [6.07, 6.45) is -3.47. The molecular weight excluding hydrogens is 620 g/mol. The highest BCUT2D eigenvalue weighted by Gasteiger charge is 2.24. The number of nitrogens with one attached hydrogen (secondary N) is 1. The molecule has 1 amide bonds. The Labute approximate surface area is 268 Å². The fourth-order valence-corrected chi connectivity index (χ4v) is 4.84. The van der Waals surface area contributed by atoms with E-state index >= 15 is 0 Å². The van der Waals surface area contributed by atoms with E-state index in [9.17, 15) is 23.2 Å². The molecule has 0 aliphatic rings. The van der Waals surface area contributed by atoms with Gasteiger partial charge < -0.3 is 19.4 Å². The Hall–Kier alpha value is -4.86. The number of rotatable bonds is 12. The molecule has 0 saturated carbocycles. The fourth-order valence-electron chi connectivity index (χ4n) is 3.95. The average Bonchev–Trinajstić information content (AvgIpc) is 3.34. The Bertz CT molecular complexity index is 1630. The van der Waals surface area contributed by atoms with Gasteiger partial charge in [-0.3, -0.25) is 4.84 Å². The van der Waals surface area contributed by atoms with Gasteiger partial charge in [0.25, 0.3) is 16.3 Å². The Balaban J connectivity index is 1.57. The van der Waals surface area contributed by atoms with Crippen molar-refractivity contribution in [2.24, 2.45) is 5.28 Å². The molecule has 1 heterocycles. The molecule has 16 heteroatoms. The van der Waals surface area contributed by atoms with Crippen molar-refractivity contribution < 1.29 is 42.0 Å². The summed E-state index contributed by atoms with van der Waals surface area (Å²) in [5.74, 6) is 0. The fraction of sp³-hybridized carbons (Fsp3) is 0.433. The van der Waals surface area contributed by atoms with E-state index in [-0.39, 0.29) is 23.0 Å². The largest absolute Gasteiger partial charge is 0.569 e. The number of carbonyl (C=O) groups is 2. The number of aromatic nitrogens is 2. The van der Waals surface area contributed by atoms with E-state index < -0.39 is 40.2 Å². The summed E-state index contributed by atoms with van der Waals surface area (Å²) < 4.78 is 44.1. The van der Waals surface area contributed by atoms with Gasteiger partial charge in [-0.15, -0.1) is 5.01 Å². The van der Waals surface area contributed by atoms with Gasteiger partial charge in [0, 0.05) is 12.5 Å². The van der Waals surface area contributed by atoms with E-state index in [1.54, 1.807) is 51.4 Å². The minimum Gasteiger partial charge on any atom is -0.569 e. The summed E-state index contributed by atoms with van der Waals surface area (Å²) in [5.41, 5.74) is 3.54. The van der Waals surface area contributed by atoms with E-state index in [2.05, 4.69) is 10.4 Å².